The van der Waals surface area contributed by atoms with Crippen LogP contribution in [0.4, 0.5) is 10.8 Å². The third-order valence-corrected chi connectivity index (χ3v) is 6.65. The number of nitrogens with zero attached hydrogens (tertiary/aromatic N) is 2. The van der Waals surface area contributed by atoms with Crippen molar-refractivity contribution in [3.8, 4) is 0 Å². The molecule has 1 heterocycles. The van der Waals surface area contributed by atoms with Crippen molar-refractivity contribution >= 4 is 32.4 Å². The zero-order valence-electron chi connectivity index (χ0n) is 12.1. The van der Waals surface area contributed by atoms with Crippen molar-refractivity contribution in [2.45, 2.75) is 43.5 Å². The lowest BCUT2D eigenvalue weighted by atomic mass is 9.86. The van der Waals surface area contributed by atoms with Gasteiger partial charge in [0.05, 0.1) is 0 Å². The van der Waals surface area contributed by atoms with Crippen molar-refractivity contribution in [1.82, 2.24) is 8.68 Å². The van der Waals surface area contributed by atoms with Crippen LogP contribution in [0.15, 0.2) is 4.90 Å². The molecule has 2 atom stereocenters. The van der Waals surface area contributed by atoms with E-state index in [2.05, 4.69) is 16.6 Å². The molecule has 1 saturated carbocycles. The largest absolute Gasteiger partial charge is 0.382 e. The molecule has 0 spiro atoms. The van der Waals surface area contributed by atoms with Crippen LogP contribution in [0.3, 0.4) is 0 Å². The van der Waals surface area contributed by atoms with Gasteiger partial charge in [-0.1, -0.05) is 19.8 Å². The molecule has 0 saturated heterocycles. The van der Waals surface area contributed by atoms with Crippen LogP contribution in [0.2, 0.25) is 0 Å². The molecule has 20 heavy (non-hydrogen) atoms. The smallest absolute Gasteiger partial charge is 0.249 e. The van der Waals surface area contributed by atoms with Crippen molar-refractivity contribution < 1.29 is 8.42 Å². The Morgan fingerprint density at radius 1 is 1.35 bits per heavy atom. The highest BCUT2D eigenvalue weighted by Gasteiger charge is 2.30. The molecule has 0 bridgehead atoms. The Balaban J connectivity index is 2.30. The predicted octanol–water partition coefficient (Wildman–Crippen LogP) is 1.97. The highest BCUT2D eigenvalue weighted by atomic mass is 32.2. The second-order valence-electron chi connectivity index (χ2n) is 5.53. The van der Waals surface area contributed by atoms with E-state index in [1.807, 2.05) is 0 Å². The first kappa shape index (κ1) is 15.5. The van der Waals surface area contributed by atoms with E-state index < -0.39 is 10.0 Å². The van der Waals surface area contributed by atoms with Crippen LogP contribution >= 0.6 is 11.5 Å². The Kier molecular flexibility index (Phi) is 4.55. The summed E-state index contributed by atoms with van der Waals surface area (Å²) in [7, 11) is -0.570. The molecule has 8 heteroatoms. The van der Waals surface area contributed by atoms with E-state index in [4.69, 9.17) is 5.73 Å². The zero-order chi connectivity index (χ0) is 14.9. The maximum Gasteiger partial charge on any atom is 0.249 e. The minimum atomic E-state index is -3.57. The van der Waals surface area contributed by atoms with E-state index in [0.717, 1.165) is 18.0 Å². The molecule has 3 N–H and O–H groups in total. The van der Waals surface area contributed by atoms with E-state index in [0.29, 0.717) is 17.0 Å². The molecule has 1 fully saturated rings. The molecule has 1 aliphatic rings. The summed E-state index contributed by atoms with van der Waals surface area (Å²) >= 11 is 1.12. The van der Waals surface area contributed by atoms with Gasteiger partial charge in [-0.15, -0.1) is 0 Å². The Labute approximate surface area is 124 Å². The number of anilines is 2. The normalized spacial score (nSPS) is 24.0. The first-order chi connectivity index (χ1) is 9.34. The molecule has 1 aliphatic carbocycles. The third kappa shape index (κ3) is 2.91. The van der Waals surface area contributed by atoms with Crippen molar-refractivity contribution in [1.29, 1.82) is 0 Å². The number of sulfonamides is 1. The summed E-state index contributed by atoms with van der Waals surface area (Å²) in [6.07, 6.45) is 4.64. The third-order valence-electron chi connectivity index (χ3n) is 3.84. The Bertz CT molecular complexity index is 568. The van der Waals surface area contributed by atoms with Gasteiger partial charge >= 0.3 is 0 Å². The van der Waals surface area contributed by atoms with E-state index in [1.54, 1.807) is 0 Å². The lowest BCUT2D eigenvalue weighted by Crippen LogP contribution is -2.31. The molecule has 114 valence electrons. The van der Waals surface area contributed by atoms with Gasteiger partial charge in [-0.2, -0.15) is 4.37 Å². The quantitative estimate of drug-likeness (QED) is 0.886. The van der Waals surface area contributed by atoms with Crippen LogP contribution in [-0.2, 0) is 10.0 Å². The van der Waals surface area contributed by atoms with Gasteiger partial charge < -0.3 is 11.1 Å². The Morgan fingerprint density at radius 3 is 2.60 bits per heavy atom. The molecular formula is C12H22N4O2S2. The Morgan fingerprint density at radius 2 is 2.00 bits per heavy atom. The van der Waals surface area contributed by atoms with Gasteiger partial charge in [0.1, 0.15) is 5.00 Å². The predicted molar refractivity (Wildman–Crippen MR) is 82.4 cm³/mol. The monoisotopic (exact) mass is 318 g/mol. The Hall–Kier alpha value is -0.860. The van der Waals surface area contributed by atoms with E-state index in [1.165, 1.54) is 37.7 Å². The van der Waals surface area contributed by atoms with Crippen LogP contribution in [0.25, 0.3) is 0 Å². The van der Waals surface area contributed by atoms with Crippen LogP contribution < -0.4 is 11.1 Å². The topological polar surface area (TPSA) is 88.3 Å². The number of rotatable bonds is 4. The fourth-order valence-electron chi connectivity index (χ4n) is 2.52. The minimum Gasteiger partial charge on any atom is -0.382 e. The SMILES string of the molecule is CC1CCCCC1Nc1snc(N)c1S(=O)(=O)N(C)C. The molecule has 2 rings (SSSR count). The summed E-state index contributed by atoms with van der Waals surface area (Å²) in [4.78, 5) is 0.116. The fourth-order valence-corrected chi connectivity index (χ4v) is 4.64. The van der Waals surface area contributed by atoms with Gasteiger partial charge in [0.25, 0.3) is 0 Å². The summed E-state index contributed by atoms with van der Waals surface area (Å²) in [5.74, 6) is 0.608. The van der Waals surface area contributed by atoms with E-state index in [9.17, 15) is 8.42 Å². The van der Waals surface area contributed by atoms with Crippen molar-refractivity contribution in [2.75, 3.05) is 25.1 Å². The summed E-state index contributed by atoms with van der Waals surface area (Å²) in [5, 5.41) is 3.92. The second kappa shape index (κ2) is 5.87. The first-order valence-corrected chi connectivity index (χ1v) is 8.99. The highest BCUT2D eigenvalue weighted by Crippen LogP contribution is 2.36. The zero-order valence-corrected chi connectivity index (χ0v) is 13.7. The van der Waals surface area contributed by atoms with Gasteiger partial charge in [0.15, 0.2) is 10.7 Å². The molecule has 2 unspecified atom stereocenters. The molecule has 1 aromatic heterocycles. The minimum absolute atomic E-state index is 0.0784. The van der Waals surface area contributed by atoms with Gasteiger partial charge in [-0.05, 0) is 30.3 Å². The van der Waals surface area contributed by atoms with E-state index in [-0.39, 0.29) is 10.7 Å². The van der Waals surface area contributed by atoms with Crippen molar-refractivity contribution in [3.05, 3.63) is 0 Å². The summed E-state index contributed by atoms with van der Waals surface area (Å²) in [6.45, 7) is 2.20. The first-order valence-electron chi connectivity index (χ1n) is 6.78. The van der Waals surface area contributed by atoms with Crippen LogP contribution in [0.1, 0.15) is 32.6 Å². The number of hydrogen-bond acceptors (Lipinski definition) is 6. The van der Waals surface area contributed by atoms with Crippen molar-refractivity contribution in [3.63, 3.8) is 0 Å². The van der Waals surface area contributed by atoms with Crippen LogP contribution in [0.5, 0.6) is 0 Å². The standard InChI is InChI=1S/C12H22N4O2S2/c1-8-6-4-5-7-9(8)14-12-10(11(13)15-19-12)20(17,18)16(2)3/h8-9,14H,4-7H2,1-3H3,(H2,13,15). The summed E-state index contributed by atoms with van der Waals surface area (Å²) in [6, 6.07) is 0.291. The molecule has 0 amide bonds. The lowest BCUT2D eigenvalue weighted by molar-refractivity contribution is 0.349. The highest BCUT2D eigenvalue weighted by molar-refractivity contribution is 7.89. The molecular weight excluding hydrogens is 296 g/mol. The average Bonchev–Trinajstić information content (AvgIpc) is 2.73. The number of nitrogens with one attached hydrogen (secondary N) is 1. The number of nitrogens with two attached hydrogens (primary N) is 1. The van der Waals surface area contributed by atoms with E-state index >= 15 is 0 Å². The van der Waals surface area contributed by atoms with Crippen LogP contribution in [-0.4, -0.2) is 37.2 Å². The number of hydrogen-bond donors (Lipinski definition) is 2. The molecule has 0 aliphatic heterocycles. The maximum absolute atomic E-state index is 12.3. The molecule has 0 aromatic carbocycles. The van der Waals surface area contributed by atoms with Gasteiger partial charge in [0.2, 0.25) is 10.0 Å². The summed E-state index contributed by atoms with van der Waals surface area (Å²) in [5.41, 5.74) is 5.76. The molecule has 1 aromatic rings. The van der Waals surface area contributed by atoms with Crippen molar-refractivity contribution in [2.24, 2.45) is 5.92 Å². The fraction of sp³-hybridized carbons (Fsp3) is 0.750. The van der Waals surface area contributed by atoms with Gasteiger partial charge in [-0.25, -0.2) is 12.7 Å². The number of nitrogen functional groups attached to an aromatic ring is 1. The van der Waals surface area contributed by atoms with Gasteiger partial charge in [-0.3, -0.25) is 0 Å². The summed E-state index contributed by atoms with van der Waals surface area (Å²) < 4.78 is 29.8. The number of aromatic nitrogens is 1. The van der Waals surface area contributed by atoms with Gasteiger partial charge in [0, 0.05) is 20.1 Å². The lowest BCUT2D eigenvalue weighted by Gasteiger charge is -2.30. The molecule has 6 nitrogen and oxygen atoms in total. The maximum atomic E-state index is 12.3. The average molecular weight is 318 g/mol. The van der Waals surface area contributed by atoms with Crippen LogP contribution in [0, 0.1) is 5.92 Å². The molecule has 0 radical (unpaired) electrons. The second-order valence-corrected chi connectivity index (χ2v) is 8.39.